The van der Waals surface area contributed by atoms with Gasteiger partial charge >= 0.3 is 0 Å². The van der Waals surface area contributed by atoms with Crippen molar-refractivity contribution in [2.45, 2.75) is 24.7 Å². The van der Waals surface area contributed by atoms with Crippen molar-refractivity contribution in [1.29, 1.82) is 0 Å². The fraction of sp³-hybridized carbons (Fsp3) is 0.350. The van der Waals surface area contributed by atoms with E-state index in [1.807, 2.05) is 31.2 Å². The molecule has 0 saturated carbocycles. The Morgan fingerprint density at radius 1 is 1.04 bits per heavy atom. The van der Waals surface area contributed by atoms with E-state index in [-0.39, 0.29) is 29.7 Å². The summed E-state index contributed by atoms with van der Waals surface area (Å²) in [6, 6.07) is 14.1. The zero-order chi connectivity index (χ0) is 19.7. The van der Waals surface area contributed by atoms with Gasteiger partial charge in [-0.05, 0) is 55.2 Å². The van der Waals surface area contributed by atoms with Crippen molar-refractivity contribution in [1.82, 2.24) is 10.6 Å². The Morgan fingerprint density at radius 3 is 2.36 bits per heavy atom. The summed E-state index contributed by atoms with van der Waals surface area (Å²) in [5, 5.41) is 16.0. The molecule has 0 aliphatic carbocycles. The largest absolute Gasteiger partial charge is 0.508 e. The Balaban J connectivity index is 0.00000392. The van der Waals surface area contributed by atoms with E-state index in [1.54, 1.807) is 24.3 Å². The third-order valence-corrected chi connectivity index (χ3v) is 5.11. The van der Waals surface area contributed by atoms with Crippen LogP contribution in [0.2, 0.25) is 0 Å². The number of benzene rings is 2. The van der Waals surface area contributed by atoms with Gasteiger partial charge in [-0.3, -0.25) is 4.99 Å². The first-order chi connectivity index (χ1) is 12.9. The highest BCUT2D eigenvalue weighted by atomic mass is 127. The van der Waals surface area contributed by atoms with Gasteiger partial charge in [0.1, 0.15) is 5.75 Å². The SMILES string of the molecule is CCNC(=NCCc1ccc(S(C)(=O)=O)cc1)NCCc1cccc(O)c1.I. The van der Waals surface area contributed by atoms with Crippen molar-refractivity contribution in [3.63, 3.8) is 0 Å². The van der Waals surface area contributed by atoms with Gasteiger partial charge in [0.25, 0.3) is 0 Å². The molecule has 6 nitrogen and oxygen atoms in total. The highest BCUT2D eigenvalue weighted by Gasteiger charge is 2.06. The Labute approximate surface area is 184 Å². The smallest absolute Gasteiger partial charge is 0.191 e. The summed E-state index contributed by atoms with van der Waals surface area (Å²) in [7, 11) is -3.16. The second-order valence-electron chi connectivity index (χ2n) is 6.27. The molecule has 0 atom stereocenters. The number of nitrogens with one attached hydrogen (secondary N) is 2. The van der Waals surface area contributed by atoms with Gasteiger partial charge < -0.3 is 15.7 Å². The molecule has 28 heavy (non-hydrogen) atoms. The van der Waals surface area contributed by atoms with Crippen LogP contribution in [0.15, 0.2) is 58.4 Å². The third-order valence-electron chi connectivity index (χ3n) is 3.98. The molecular weight excluding hydrogens is 489 g/mol. The van der Waals surface area contributed by atoms with E-state index >= 15 is 0 Å². The van der Waals surface area contributed by atoms with Gasteiger partial charge in [-0.2, -0.15) is 0 Å². The standard InChI is InChI=1S/C20H27N3O3S.HI/c1-3-21-20(23-14-12-17-5-4-6-18(24)15-17)22-13-11-16-7-9-19(10-8-16)27(2,25)26;/h4-10,15,24H,3,11-14H2,1-2H3,(H2,21,22,23);1H. The van der Waals surface area contributed by atoms with Gasteiger partial charge in [-0.15, -0.1) is 24.0 Å². The number of phenolic OH excluding ortho intramolecular Hbond substituents is 1. The number of guanidine groups is 1. The predicted octanol–water partition coefficient (Wildman–Crippen LogP) is 2.75. The first kappa shape index (κ1) is 24.2. The average Bonchev–Trinajstić information content (AvgIpc) is 2.61. The van der Waals surface area contributed by atoms with E-state index in [0.717, 1.165) is 36.5 Å². The Morgan fingerprint density at radius 2 is 1.75 bits per heavy atom. The summed E-state index contributed by atoms with van der Waals surface area (Å²) in [5.74, 6) is 1.01. The van der Waals surface area contributed by atoms with Crippen molar-refractivity contribution in [3.05, 3.63) is 59.7 Å². The summed E-state index contributed by atoms with van der Waals surface area (Å²) in [6.07, 6.45) is 2.72. The molecule has 154 valence electrons. The summed E-state index contributed by atoms with van der Waals surface area (Å²) < 4.78 is 23.0. The van der Waals surface area contributed by atoms with E-state index < -0.39 is 9.84 Å². The molecule has 0 amide bonds. The zero-order valence-corrected chi connectivity index (χ0v) is 19.3. The lowest BCUT2D eigenvalue weighted by Crippen LogP contribution is -2.38. The van der Waals surface area contributed by atoms with E-state index in [4.69, 9.17) is 0 Å². The topological polar surface area (TPSA) is 90.8 Å². The minimum atomic E-state index is -3.16. The molecule has 8 heteroatoms. The van der Waals surface area contributed by atoms with Gasteiger partial charge in [0, 0.05) is 25.9 Å². The number of rotatable bonds is 8. The van der Waals surface area contributed by atoms with Crippen molar-refractivity contribution in [2.75, 3.05) is 25.9 Å². The van der Waals surface area contributed by atoms with E-state index in [0.29, 0.717) is 18.0 Å². The fourth-order valence-electron chi connectivity index (χ4n) is 2.58. The molecule has 0 radical (unpaired) electrons. The van der Waals surface area contributed by atoms with Crippen LogP contribution in [0, 0.1) is 0 Å². The molecule has 0 fully saturated rings. The number of nitrogens with zero attached hydrogens (tertiary/aromatic N) is 1. The average molecular weight is 517 g/mol. The molecule has 0 aliphatic rings. The molecule has 0 bridgehead atoms. The van der Waals surface area contributed by atoms with Crippen LogP contribution in [-0.2, 0) is 22.7 Å². The quantitative estimate of drug-likeness (QED) is 0.285. The lowest BCUT2D eigenvalue weighted by Gasteiger charge is -2.11. The summed E-state index contributed by atoms with van der Waals surface area (Å²) in [4.78, 5) is 4.89. The number of hydrogen-bond donors (Lipinski definition) is 3. The van der Waals surface area contributed by atoms with Crippen molar-refractivity contribution in [3.8, 4) is 5.75 Å². The molecular formula is C20H28IN3O3S. The number of sulfone groups is 1. The van der Waals surface area contributed by atoms with Gasteiger partial charge in [0.15, 0.2) is 15.8 Å². The Kier molecular flexibility index (Phi) is 10.3. The van der Waals surface area contributed by atoms with Crippen LogP contribution >= 0.6 is 24.0 Å². The molecule has 0 aliphatic heterocycles. The first-order valence-electron chi connectivity index (χ1n) is 8.97. The maximum absolute atomic E-state index is 11.5. The van der Waals surface area contributed by atoms with Crippen molar-refractivity contribution >= 4 is 39.8 Å². The molecule has 0 spiro atoms. The third kappa shape index (κ3) is 8.47. The Bertz CT molecular complexity index is 869. The number of phenols is 1. The highest BCUT2D eigenvalue weighted by molar-refractivity contribution is 14.0. The van der Waals surface area contributed by atoms with Crippen LogP contribution in [0.25, 0.3) is 0 Å². The summed E-state index contributed by atoms with van der Waals surface area (Å²) in [6.45, 7) is 4.08. The van der Waals surface area contributed by atoms with Crippen LogP contribution in [-0.4, -0.2) is 45.4 Å². The molecule has 2 aromatic rings. The van der Waals surface area contributed by atoms with Gasteiger partial charge in [0.2, 0.25) is 0 Å². The second kappa shape index (κ2) is 11.9. The minimum absolute atomic E-state index is 0. The maximum Gasteiger partial charge on any atom is 0.191 e. The van der Waals surface area contributed by atoms with Gasteiger partial charge in [0.05, 0.1) is 4.90 Å². The monoisotopic (exact) mass is 517 g/mol. The molecule has 2 rings (SSSR count). The number of halogens is 1. The normalized spacial score (nSPS) is 11.6. The zero-order valence-electron chi connectivity index (χ0n) is 16.2. The molecule has 3 N–H and O–H groups in total. The number of hydrogen-bond acceptors (Lipinski definition) is 4. The van der Waals surface area contributed by atoms with Crippen LogP contribution < -0.4 is 10.6 Å². The van der Waals surface area contributed by atoms with E-state index in [9.17, 15) is 13.5 Å². The van der Waals surface area contributed by atoms with Crippen LogP contribution in [0.4, 0.5) is 0 Å². The van der Waals surface area contributed by atoms with E-state index in [1.165, 1.54) is 6.26 Å². The van der Waals surface area contributed by atoms with E-state index in [2.05, 4.69) is 15.6 Å². The first-order valence-corrected chi connectivity index (χ1v) is 10.9. The lowest BCUT2D eigenvalue weighted by molar-refractivity contribution is 0.474. The molecule has 0 unspecified atom stereocenters. The minimum Gasteiger partial charge on any atom is -0.508 e. The summed E-state index contributed by atoms with van der Waals surface area (Å²) in [5.41, 5.74) is 2.10. The molecule has 0 heterocycles. The van der Waals surface area contributed by atoms with Crippen LogP contribution in [0.3, 0.4) is 0 Å². The maximum atomic E-state index is 11.5. The second-order valence-corrected chi connectivity index (χ2v) is 8.29. The number of aliphatic imine (C=N–C) groups is 1. The van der Waals surface area contributed by atoms with Gasteiger partial charge in [-0.1, -0.05) is 24.3 Å². The van der Waals surface area contributed by atoms with Gasteiger partial charge in [-0.25, -0.2) is 8.42 Å². The fourth-order valence-corrected chi connectivity index (χ4v) is 3.21. The van der Waals surface area contributed by atoms with Crippen molar-refractivity contribution in [2.24, 2.45) is 4.99 Å². The lowest BCUT2D eigenvalue weighted by atomic mass is 10.1. The predicted molar refractivity (Wildman–Crippen MR) is 124 cm³/mol. The molecule has 0 aromatic heterocycles. The number of aromatic hydroxyl groups is 1. The molecule has 2 aromatic carbocycles. The summed E-state index contributed by atoms with van der Waals surface area (Å²) >= 11 is 0. The molecule has 0 saturated heterocycles. The van der Waals surface area contributed by atoms with Crippen LogP contribution in [0.1, 0.15) is 18.1 Å². The van der Waals surface area contributed by atoms with Crippen molar-refractivity contribution < 1.29 is 13.5 Å². The Hall–Kier alpha value is -1.81. The van der Waals surface area contributed by atoms with Crippen LogP contribution in [0.5, 0.6) is 5.75 Å². The highest BCUT2D eigenvalue weighted by Crippen LogP contribution is 2.11.